The van der Waals surface area contributed by atoms with Gasteiger partial charge >= 0.3 is 0 Å². The largest absolute Gasteiger partial charge is 0.354 e. The third-order valence-corrected chi connectivity index (χ3v) is 12.1. The van der Waals surface area contributed by atoms with Crippen LogP contribution in [0.1, 0.15) is 225 Å². The maximum Gasteiger partial charge on any atom is 0.227 e. The zero-order valence-corrected chi connectivity index (χ0v) is 35.9. The summed E-state index contributed by atoms with van der Waals surface area (Å²) in [4.78, 5) is 30.0. The van der Waals surface area contributed by atoms with E-state index < -0.39 is 0 Å². The summed E-state index contributed by atoms with van der Waals surface area (Å²) in [5, 5.41) is 14.3. The average Bonchev–Trinajstić information content (AvgIpc) is 3.82. The molecule has 4 atom stereocenters. The van der Waals surface area contributed by atoms with Crippen molar-refractivity contribution in [3.63, 3.8) is 0 Å². The van der Waals surface area contributed by atoms with Crippen molar-refractivity contribution in [2.24, 2.45) is 11.8 Å². The van der Waals surface area contributed by atoms with Crippen LogP contribution in [0.4, 0.5) is 23.8 Å². The van der Waals surface area contributed by atoms with Crippen LogP contribution in [0.2, 0.25) is 0 Å². The molecule has 2 heterocycles. The highest BCUT2D eigenvalue weighted by Crippen LogP contribution is 2.58. The molecule has 2 aliphatic rings. The zero-order valence-electron chi connectivity index (χ0n) is 35.9. The van der Waals surface area contributed by atoms with Crippen LogP contribution in [0.15, 0.2) is 0 Å². The van der Waals surface area contributed by atoms with Gasteiger partial charge in [0.25, 0.3) is 0 Å². The molecular formula is C45H82N10. The first-order valence-electron chi connectivity index (χ1n) is 23.6. The van der Waals surface area contributed by atoms with Crippen LogP contribution >= 0.6 is 0 Å². The topological polar surface area (TPSA) is 125 Å². The maximum atomic E-state index is 5.08. The Morgan fingerprint density at radius 1 is 0.327 bits per heavy atom. The highest BCUT2D eigenvalue weighted by molar-refractivity contribution is 5.37. The van der Waals surface area contributed by atoms with Gasteiger partial charge in [-0.2, -0.15) is 29.9 Å². The SMILES string of the molecule is CCCCCCCCNc1nc(NCCCCCCCC)nc(C2CC3CC2CC3c2nc(NCCCCCCCC)nc(NCCCCCCCC)n2)n1. The molecule has 0 aromatic carbocycles. The van der Waals surface area contributed by atoms with Gasteiger partial charge in [0.15, 0.2) is 0 Å². The minimum Gasteiger partial charge on any atom is -0.354 e. The van der Waals surface area contributed by atoms with Crippen LogP contribution in [0, 0.1) is 11.8 Å². The third-order valence-electron chi connectivity index (χ3n) is 12.1. The lowest BCUT2D eigenvalue weighted by molar-refractivity contribution is 0.355. The summed E-state index contributed by atoms with van der Waals surface area (Å²) in [5.41, 5.74) is 0. The van der Waals surface area contributed by atoms with Crippen molar-refractivity contribution in [3.05, 3.63) is 11.6 Å². The van der Waals surface area contributed by atoms with Crippen LogP contribution in [-0.2, 0) is 0 Å². The second kappa shape index (κ2) is 27.8. The molecule has 2 saturated carbocycles. The van der Waals surface area contributed by atoms with E-state index in [-0.39, 0.29) is 0 Å². The Hall–Kier alpha value is -2.78. The molecule has 0 radical (unpaired) electrons. The van der Waals surface area contributed by atoms with E-state index in [0.717, 1.165) is 100 Å². The summed E-state index contributed by atoms with van der Waals surface area (Å²) in [5.74, 6) is 6.66. The fraction of sp³-hybridized carbons (Fsp3) is 0.867. The van der Waals surface area contributed by atoms with Crippen molar-refractivity contribution >= 4 is 23.8 Å². The molecule has 2 aromatic rings. The normalized spacial score (nSPS) is 18.9. The Morgan fingerprint density at radius 3 is 0.836 bits per heavy atom. The summed E-state index contributed by atoms with van der Waals surface area (Å²) >= 11 is 0. The fourth-order valence-corrected chi connectivity index (χ4v) is 8.76. The predicted molar refractivity (Wildman–Crippen MR) is 233 cm³/mol. The molecule has 10 nitrogen and oxygen atoms in total. The van der Waals surface area contributed by atoms with E-state index >= 15 is 0 Å². The summed E-state index contributed by atoms with van der Waals surface area (Å²) in [6.45, 7) is 12.8. The summed E-state index contributed by atoms with van der Waals surface area (Å²) in [6.07, 6.45) is 34.1. The molecule has 4 unspecified atom stereocenters. The van der Waals surface area contributed by atoms with E-state index in [0.29, 0.717) is 23.7 Å². The van der Waals surface area contributed by atoms with Gasteiger partial charge in [-0.05, 0) is 56.8 Å². The monoisotopic (exact) mass is 763 g/mol. The molecule has 4 rings (SSSR count). The fourth-order valence-electron chi connectivity index (χ4n) is 8.76. The number of nitrogens with zero attached hydrogens (tertiary/aromatic N) is 6. The first kappa shape index (κ1) is 44.9. The van der Waals surface area contributed by atoms with Crippen LogP contribution in [0.25, 0.3) is 0 Å². The van der Waals surface area contributed by atoms with Gasteiger partial charge in [-0.3, -0.25) is 0 Å². The minimum absolute atomic E-state index is 0.353. The van der Waals surface area contributed by atoms with Crippen molar-refractivity contribution in [1.29, 1.82) is 0 Å². The Labute approximate surface area is 336 Å². The van der Waals surface area contributed by atoms with Gasteiger partial charge in [-0.15, -0.1) is 0 Å². The molecule has 2 aromatic heterocycles. The van der Waals surface area contributed by atoms with Crippen LogP contribution in [0.5, 0.6) is 0 Å². The van der Waals surface area contributed by atoms with Crippen LogP contribution in [0.3, 0.4) is 0 Å². The Kier molecular flexibility index (Phi) is 22.7. The standard InChI is InChI=1S/C45H82N10/c1-5-9-13-17-21-25-29-46-42-50-40(51-43(54-42)47-30-26-22-18-14-10-6-2)38-34-37-33-36(38)35-39(37)41-52-44(48-31-27-23-19-15-11-7-3)55-45(53-41)49-32-28-24-20-16-12-8-4/h36-39H,5-35H2,1-4H3,(H2,46,47,50,51,54)(H2,48,49,52,53,55). The Morgan fingerprint density at radius 2 is 0.582 bits per heavy atom. The quantitative estimate of drug-likeness (QED) is 0.0512. The van der Waals surface area contributed by atoms with E-state index in [1.54, 1.807) is 0 Å². The molecule has 4 N–H and O–H groups in total. The van der Waals surface area contributed by atoms with Gasteiger partial charge in [-0.1, -0.05) is 156 Å². The van der Waals surface area contributed by atoms with E-state index in [1.807, 2.05) is 0 Å². The molecular weight excluding hydrogens is 681 g/mol. The molecule has 2 aliphatic carbocycles. The number of hydrogen-bond donors (Lipinski definition) is 4. The van der Waals surface area contributed by atoms with Gasteiger partial charge < -0.3 is 21.3 Å². The second-order valence-corrected chi connectivity index (χ2v) is 16.9. The number of anilines is 4. The van der Waals surface area contributed by atoms with Crippen molar-refractivity contribution < 1.29 is 0 Å². The van der Waals surface area contributed by atoms with Gasteiger partial charge in [0.1, 0.15) is 11.6 Å². The van der Waals surface area contributed by atoms with Crippen molar-refractivity contribution in [1.82, 2.24) is 29.9 Å². The lowest BCUT2D eigenvalue weighted by Gasteiger charge is -2.27. The second-order valence-electron chi connectivity index (χ2n) is 16.9. The average molecular weight is 763 g/mol. The number of unbranched alkanes of at least 4 members (excludes halogenated alkanes) is 20. The van der Waals surface area contributed by atoms with Crippen molar-refractivity contribution in [3.8, 4) is 0 Å². The van der Waals surface area contributed by atoms with Gasteiger partial charge in [0.05, 0.1) is 0 Å². The maximum absolute atomic E-state index is 5.08. The smallest absolute Gasteiger partial charge is 0.227 e. The van der Waals surface area contributed by atoms with Gasteiger partial charge in [0, 0.05) is 38.0 Å². The summed E-state index contributed by atoms with van der Waals surface area (Å²) in [7, 11) is 0. The minimum atomic E-state index is 0.353. The van der Waals surface area contributed by atoms with Crippen LogP contribution in [-0.4, -0.2) is 56.1 Å². The number of rotatable bonds is 34. The first-order valence-corrected chi connectivity index (χ1v) is 23.6. The molecule has 0 aliphatic heterocycles. The van der Waals surface area contributed by atoms with Gasteiger partial charge in [-0.25, -0.2) is 0 Å². The zero-order chi connectivity index (χ0) is 38.8. The summed E-state index contributed by atoms with van der Waals surface area (Å²) < 4.78 is 0. The number of hydrogen-bond acceptors (Lipinski definition) is 10. The van der Waals surface area contributed by atoms with Crippen molar-refractivity contribution in [2.75, 3.05) is 47.4 Å². The molecule has 10 heteroatoms. The molecule has 312 valence electrons. The molecule has 0 spiro atoms. The van der Waals surface area contributed by atoms with E-state index in [2.05, 4.69) is 49.0 Å². The predicted octanol–water partition coefficient (Wildman–Crippen LogP) is 12.4. The highest BCUT2D eigenvalue weighted by atomic mass is 15.2. The number of aromatic nitrogens is 6. The molecule has 2 fully saturated rings. The molecule has 0 saturated heterocycles. The highest BCUT2D eigenvalue weighted by Gasteiger charge is 2.49. The lowest BCUT2D eigenvalue weighted by atomic mass is 9.81. The number of fused-ring (bicyclic) bond motifs is 2. The van der Waals surface area contributed by atoms with Gasteiger partial charge in [0.2, 0.25) is 23.8 Å². The molecule has 2 bridgehead atoms. The van der Waals surface area contributed by atoms with E-state index in [9.17, 15) is 0 Å². The van der Waals surface area contributed by atoms with E-state index in [4.69, 9.17) is 29.9 Å². The molecule has 55 heavy (non-hydrogen) atoms. The molecule has 0 amide bonds. The van der Waals surface area contributed by atoms with E-state index in [1.165, 1.54) is 135 Å². The third kappa shape index (κ3) is 17.1. The Bertz CT molecular complexity index is 1110. The summed E-state index contributed by atoms with van der Waals surface area (Å²) in [6, 6.07) is 0. The Balaban J connectivity index is 1.38. The van der Waals surface area contributed by atoms with Crippen molar-refractivity contribution in [2.45, 2.75) is 213 Å². The lowest BCUT2D eigenvalue weighted by Crippen LogP contribution is -2.22. The first-order chi connectivity index (χ1) is 27.1. The number of nitrogens with one attached hydrogen (secondary N) is 4. The van der Waals surface area contributed by atoms with Crippen LogP contribution < -0.4 is 21.3 Å².